The van der Waals surface area contributed by atoms with Gasteiger partial charge in [0.1, 0.15) is 0 Å². The van der Waals surface area contributed by atoms with E-state index in [0.717, 1.165) is 11.3 Å². The number of thiazole rings is 1. The van der Waals surface area contributed by atoms with Crippen LogP contribution in [0.1, 0.15) is 22.3 Å². The van der Waals surface area contributed by atoms with Crippen LogP contribution in [-0.4, -0.2) is 16.8 Å². The van der Waals surface area contributed by atoms with Crippen LogP contribution in [0.5, 0.6) is 0 Å². The van der Waals surface area contributed by atoms with E-state index in [-0.39, 0.29) is 5.78 Å². The molecule has 0 atom stereocenters. The average molecular weight is 199 g/mol. The topological polar surface area (TPSA) is 85.1 Å². The fourth-order valence-electron chi connectivity index (χ4n) is 0.882. The second-order valence-electron chi connectivity index (χ2n) is 2.48. The zero-order valence-electron chi connectivity index (χ0n) is 7.25. The molecule has 1 aromatic heterocycles. The van der Waals surface area contributed by atoms with Gasteiger partial charge in [-0.15, -0.1) is 0 Å². The molecule has 0 unspecified atom stereocenters. The van der Waals surface area contributed by atoms with E-state index in [0.29, 0.717) is 15.7 Å². The van der Waals surface area contributed by atoms with E-state index < -0.39 is 6.03 Å². The van der Waals surface area contributed by atoms with Gasteiger partial charge in [0, 0.05) is 6.92 Å². The van der Waals surface area contributed by atoms with E-state index in [4.69, 9.17) is 5.73 Å². The molecule has 6 heteroatoms. The quantitative estimate of drug-likeness (QED) is 0.700. The van der Waals surface area contributed by atoms with Crippen molar-refractivity contribution in [3.05, 3.63) is 10.6 Å². The van der Waals surface area contributed by atoms with Gasteiger partial charge in [-0.2, -0.15) is 0 Å². The average Bonchev–Trinajstić information content (AvgIpc) is 2.29. The van der Waals surface area contributed by atoms with Crippen LogP contribution in [0.25, 0.3) is 0 Å². The van der Waals surface area contributed by atoms with Gasteiger partial charge in [-0.25, -0.2) is 9.78 Å². The Hall–Kier alpha value is -1.43. The zero-order chi connectivity index (χ0) is 10.0. The number of carbonyl (C=O) groups excluding carboxylic acids is 2. The van der Waals surface area contributed by atoms with Crippen molar-refractivity contribution < 1.29 is 9.59 Å². The van der Waals surface area contributed by atoms with E-state index in [1.54, 1.807) is 6.92 Å². The van der Waals surface area contributed by atoms with Gasteiger partial charge in [-0.05, 0) is 6.92 Å². The molecule has 3 N–H and O–H groups in total. The lowest BCUT2D eigenvalue weighted by Crippen LogP contribution is -2.18. The molecule has 1 aromatic rings. The summed E-state index contributed by atoms with van der Waals surface area (Å²) in [5, 5.41) is 2.67. The highest BCUT2D eigenvalue weighted by Crippen LogP contribution is 2.22. The Labute approximate surface area is 79.0 Å². The number of nitrogens with zero attached hydrogens (tertiary/aromatic N) is 1. The number of hydrogen-bond acceptors (Lipinski definition) is 4. The maximum Gasteiger partial charge on any atom is 0.318 e. The van der Waals surface area contributed by atoms with Gasteiger partial charge < -0.3 is 5.73 Å². The Morgan fingerprint density at radius 2 is 2.15 bits per heavy atom. The highest BCUT2D eigenvalue weighted by molar-refractivity contribution is 7.17. The van der Waals surface area contributed by atoms with Crippen molar-refractivity contribution in [2.24, 2.45) is 5.73 Å². The normalized spacial score (nSPS) is 9.69. The first-order valence-corrected chi connectivity index (χ1v) is 4.37. The zero-order valence-corrected chi connectivity index (χ0v) is 8.07. The third-order valence-electron chi connectivity index (χ3n) is 1.35. The Morgan fingerprint density at radius 3 is 2.54 bits per heavy atom. The fraction of sp³-hybridized carbons (Fsp3) is 0.286. The molecule has 70 valence electrons. The van der Waals surface area contributed by atoms with Crippen molar-refractivity contribution >= 4 is 28.3 Å². The largest absolute Gasteiger partial charge is 0.351 e. The van der Waals surface area contributed by atoms with Crippen molar-refractivity contribution in [3.63, 3.8) is 0 Å². The van der Waals surface area contributed by atoms with Crippen molar-refractivity contribution in [1.82, 2.24) is 4.98 Å². The number of aromatic nitrogens is 1. The van der Waals surface area contributed by atoms with Crippen molar-refractivity contribution in [2.75, 3.05) is 5.32 Å². The minimum atomic E-state index is -0.677. The maximum absolute atomic E-state index is 11.0. The number of urea groups is 1. The third-order valence-corrected chi connectivity index (χ3v) is 2.52. The number of rotatable bonds is 2. The fourth-order valence-corrected chi connectivity index (χ4v) is 1.75. The minimum absolute atomic E-state index is 0.0625. The minimum Gasteiger partial charge on any atom is -0.351 e. The standard InChI is InChI=1S/C7H9N3O2S/c1-3-5(4(2)11)13-7(9-3)10-6(8)12/h1-2H3,(H3,8,9,10,12). The number of anilines is 1. The molecule has 1 rings (SSSR count). The van der Waals surface area contributed by atoms with E-state index in [1.165, 1.54) is 6.92 Å². The summed E-state index contributed by atoms with van der Waals surface area (Å²) in [6, 6.07) is -0.677. The van der Waals surface area contributed by atoms with Crippen LogP contribution >= 0.6 is 11.3 Å². The Bertz CT molecular complexity index is 359. The van der Waals surface area contributed by atoms with Crippen molar-refractivity contribution in [1.29, 1.82) is 0 Å². The monoisotopic (exact) mass is 199 g/mol. The summed E-state index contributed by atoms with van der Waals surface area (Å²) in [5.74, 6) is -0.0625. The predicted molar refractivity (Wildman–Crippen MR) is 50.1 cm³/mol. The number of amides is 2. The molecule has 0 aliphatic rings. The second-order valence-corrected chi connectivity index (χ2v) is 3.48. The van der Waals surface area contributed by atoms with Gasteiger partial charge in [0.25, 0.3) is 0 Å². The van der Waals surface area contributed by atoms with Gasteiger partial charge >= 0.3 is 6.03 Å². The summed E-state index contributed by atoms with van der Waals surface area (Å²) in [6.45, 7) is 3.16. The lowest BCUT2D eigenvalue weighted by Gasteiger charge is -1.91. The van der Waals surface area contributed by atoms with Crippen molar-refractivity contribution in [3.8, 4) is 0 Å². The lowest BCUT2D eigenvalue weighted by atomic mass is 10.3. The molecule has 0 aliphatic carbocycles. The van der Waals surface area contributed by atoms with Gasteiger partial charge in [-0.1, -0.05) is 11.3 Å². The molecule has 0 spiro atoms. The first kappa shape index (κ1) is 9.66. The Morgan fingerprint density at radius 1 is 1.54 bits per heavy atom. The lowest BCUT2D eigenvalue weighted by molar-refractivity contribution is 0.102. The first-order valence-electron chi connectivity index (χ1n) is 3.55. The highest BCUT2D eigenvalue weighted by atomic mass is 32.1. The van der Waals surface area contributed by atoms with Gasteiger partial charge in [-0.3, -0.25) is 10.1 Å². The summed E-state index contributed by atoms with van der Waals surface area (Å²) in [4.78, 5) is 25.9. The van der Waals surface area contributed by atoms with E-state index in [1.807, 2.05) is 0 Å². The van der Waals surface area contributed by atoms with Crippen LogP contribution in [0.2, 0.25) is 0 Å². The van der Waals surface area contributed by atoms with Crippen LogP contribution in [0, 0.1) is 6.92 Å². The highest BCUT2D eigenvalue weighted by Gasteiger charge is 2.11. The van der Waals surface area contributed by atoms with Crippen LogP contribution in [0.15, 0.2) is 0 Å². The number of primary amides is 1. The summed E-state index contributed by atoms with van der Waals surface area (Å²) in [7, 11) is 0. The summed E-state index contributed by atoms with van der Waals surface area (Å²) < 4.78 is 0. The molecule has 2 amide bonds. The Balaban J connectivity index is 2.95. The number of carbonyl (C=O) groups is 2. The van der Waals surface area contributed by atoms with Crippen LogP contribution in [0.4, 0.5) is 9.93 Å². The van der Waals surface area contributed by atoms with Gasteiger partial charge in [0.2, 0.25) is 0 Å². The molecule has 0 aliphatic heterocycles. The number of hydrogen-bond donors (Lipinski definition) is 2. The van der Waals surface area contributed by atoms with Gasteiger partial charge in [0.05, 0.1) is 10.6 Å². The van der Waals surface area contributed by atoms with Gasteiger partial charge in [0.15, 0.2) is 10.9 Å². The predicted octanol–water partition coefficient (Wildman–Crippen LogP) is 1.14. The number of aryl methyl sites for hydroxylation is 1. The van der Waals surface area contributed by atoms with Crippen LogP contribution < -0.4 is 11.1 Å². The summed E-state index contributed by atoms with van der Waals surface area (Å²) >= 11 is 1.12. The number of ketones is 1. The third kappa shape index (κ3) is 2.25. The van der Waals surface area contributed by atoms with E-state index >= 15 is 0 Å². The van der Waals surface area contributed by atoms with Crippen molar-refractivity contribution in [2.45, 2.75) is 13.8 Å². The molecule has 0 bridgehead atoms. The SMILES string of the molecule is CC(=O)c1sc(NC(N)=O)nc1C. The molecular weight excluding hydrogens is 190 g/mol. The molecule has 5 nitrogen and oxygen atoms in total. The summed E-state index contributed by atoms with van der Waals surface area (Å²) in [6.07, 6.45) is 0. The van der Waals surface area contributed by atoms with Crippen LogP contribution in [-0.2, 0) is 0 Å². The smallest absolute Gasteiger partial charge is 0.318 e. The molecule has 0 radical (unpaired) electrons. The first-order chi connectivity index (χ1) is 6.00. The maximum atomic E-state index is 11.0. The molecular formula is C7H9N3O2S. The molecule has 0 saturated heterocycles. The molecule has 0 aromatic carbocycles. The van der Waals surface area contributed by atoms with E-state index in [9.17, 15) is 9.59 Å². The number of nitrogens with two attached hydrogens (primary N) is 1. The Kier molecular flexibility index (Phi) is 2.62. The molecule has 0 fully saturated rings. The number of Topliss-reactive ketones (excluding diaryl/α,β-unsaturated/α-hetero) is 1. The summed E-state index contributed by atoms with van der Waals surface area (Å²) in [5.41, 5.74) is 5.50. The molecule has 13 heavy (non-hydrogen) atoms. The number of nitrogens with one attached hydrogen (secondary N) is 1. The molecule has 0 saturated carbocycles. The second kappa shape index (κ2) is 3.53. The molecule has 1 heterocycles. The van der Waals surface area contributed by atoms with E-state index in [2.05, 4.69) is 10.3 Å². The van der Waals surface area contributed by atoms with Crippen LogP contribution in [0.3, 0.4) is 0 Å².